The lowest BCUT2D eigenvalue weighted by Gasteiger charge is -2.07. The largest absolute Gasteiger partial charge is 0.495 e. The molecule has 1 heterocycles. The SMILES string of the molecule is COc1ccc(CCC(=O)NCc2ccco2)cc1N. The van der Waals surface area contributed by atoms with Gasteiger partial charge >= 0.3 is 0 Å². The summed E-state index contributed by atoms with van der Waals surface area (Å²) in [5, 5.41) is 2.80. The number of hydrogen-bond donors (Lipinski definition) is 2. The Morgan fingerprint density at radius 2 is 2.25 bits per heavy atom. The average Bonchev–Trinajstić information content (AvgIpc) is 2.96. The van der Waals surface area contributed by atoms with Crippen LogP contribution in [0.2, 0.25) is 0 Å². The number of rotatable bonds is 6. The Labute approximate surface area is 117 Å². The molecule has 0 saturated carbocycles. The highest BCUT2D eigenvalue weighted by atomic mass is 16.5. The number of aryl methyl sites for hydroxylation is 1. The fourth-order valence-electron chi connectivity index (χ4n) is 1.88. The number of nitrogen functional groups attached to an aromatic ring is 1. The van der Waals surface area contributed by atoms with Crippen LogP contribution in [0.1, 0.15) is 17.7 Å². The topological polar surface area (TPSA) is 77.5 Å². The van der Waals surface area contributed by atoms with Crippen LogP contribution in [0.3, 0.4) is 0 Å². The summed E-state index contributed by atoms with van der Waals surface area (Å²) in [5.41, 5.74) is 7.42. The van der Waals surface area contributed by atoms with Gasteiger partial charge in [0.15, 0.2) is 0 Å². The molecule has 0 atom stereocenters. The van der Waals surface area contributed by atoms with Gasteiger partial charge < -0.3 is 20.2 Å². The van der Waals surface area contributed by atoms with Crippen LogP contribution in [0.5, 0.6) is 5.75 Å². The monoisotopic (exact) mass is 274 g/mol. The first-order chi connectivity index (χ1) is 9.69. The summed E-state index contributed by atoms with van der Waals surface area (Å²) in [7, 11) is 1.58. The molecule has 1 amide bonds. The predicted molar refractivity (Wildman–Crippen MR) is 76.3 cm³/mol. The molecule has 0 saturated heterocycles. The molecule has 2 aromatic rings. The fourth-order valence-corrected chi connectivity index (χ4v) is 1.88. The molecular formula is C15H18N2O3. The summed E-state index contributed by atoms with van der Waals surface area (Å²) >= 11 is 0. The molecule has 0 bridgehead atoms. The number of methoxy groups -OCH3 is 1. The second-order valence-corrected chi connectivity index (χ2v) is 4.43. The smallest absolute Gasteiger partial charge is 0.220 e. The average molecular weight is 274 g/mol. The van der Waals surface area contributed by atoms with E-state index in [0.717, 1.165) is 11.3 Å². The number of nitrogens with one attached hydrogen (secondary N) is 1. The lowest BCUT2D eigenvalue weighted by atomic mass is 10.1. The molecule has 20 heavy (non-hydrogen) atoms. The van der Waals surface area contributed by atoms with Gasteiger partial charge in [-0.1, -0.05) is 6.07 Å². The Kier molecular flexibility index (Phi) is 4.65. The van der Waals surface area contributed by atoms with Crippen LogP contribution in [-0.2, 0) is 17.8 Å². The van der Waals surface area contributed by atoms with Gasteiger partial charge in [0.1, 0.15) is 11.5 Å². The maximum absolute atomic E-state index is 11.7. The van der Waals surface area contributed by atoms with Crippen molar-refractivity contribution in [2.24, 2.45) is 0 Å². The molecule has 1 aromatic carbocycles. The third-order valence-electron chi connectivity index (χ3n) is 2.97. The number of carbonyl (C=O) groups is 1. The van der Waals surface area contributed by atoms with E-state index in [2.05, 4.69) is 5.32 Å². The van der Waals surface area contributed by atoms with E-state index in [-0.39, 0.29) is 5.91 Å². The first-order valence-corrected chi connectivity index (χ1v) is 6.40. The highest BCUT2D eigenvalue weighted by molar-refractivity contribution is 5.76. The van der Waals surface area contributed by atoms with Gasteiger partial charge in [-0.05, 0) is 36.2 Å². The van der Waals surface area contributed by atoms with Crippen molar-refractivity contribution in [3.63, 3.8) is 0 Å². The lowest BCUT2D eigenvalue weighted by molar-refractivity contribution is -0.121. The van der Waals surface area contributed by atoms with Crippen LogP contribution in [-0.4, -0.2) is 13.0 Å². The summed E-state index contributed by atoms with van der Waals surface area (Å²) in [6, 6.07) is 9.17. The van der Waals surface area contributed by atoms with Gasteiger partial charge in [0.25, 0.3) is 0 Å². The molecule has 2 rings (SSSR count). The highest BCUT2D eigenvalue weighted by Crippen LogP contribution is 2.22. The van der Waals surface area contributed by atoms with Crippen molar-refractivity contribution in [3.05, 3.63) is 47.9 Å². The van der Waals surface area contributed by atoms with E-state index in [9.17, 15) is 4.79 Å². The van der Waals surface area contributed by atoms with Gasteiger partial charge in [-0.3, -0.25) is 4.79 Å². The summed E-state index contributed by atoms with van der Waals surface area (Å²) in [6.07, 6.45) is 2.63. The predicted octanol–water partition coefficient (Wildman–Crippen LogP) is 2.12. The van der Waals surface area contributed by atoms with Crippen molar-refractivity contribution >= 4 is 11.6 Å². The normalized spacial score (nSPS) is 10.2. The standard InChI is InChI=1S/C15H18N2O3/c1-19-14-6-4-11(9-13(14)16)5-7-15(18)17-10-12-3-2-8-20-12/h2-4,6,8-9H,5,7,10,16H2,1H3,(H,17,18). The van der Waals surface area contributed by atoms with E-state index in [1.165, 1.54) is 0 Å². The van der Waals surface area contributed by atoms with E-state index in [1.54, 1.807) is 19.4 Å². The number of hydrogen-bond acceptors (Lipinski definition) is 4. The number of nitrogens with two attached hydrogens (primary N) is 1. The number of carbonyl (C=O) groups excluding carboxylic acids is 1. The number of anilines is 1. The first-order valence-electron chi connectivity index (χ1n) is 6.40. The maximum atomic E-state index is 11.7. The van der Waals surface area contributed by atoms with Crippen LogP contribution in [0.15, 0.2) is 41.0 Å². The van der Waals surface area contributed by atoms with Gasteiger partial charge in [0.05, 0.1) is 25.6 Å². The Bertz CT molecular complexity index is 565. The minimum absolute atomic E-state index is 0.0178. The zero-order valence-corrected chi connectivity index (χ0v) is 11.4. The van der Waals surface area contributed by atoms with Crippen LogP contribution >= 0.6 is 0 Å². The summed E-state index contributed by atoms with van der Waals surface area (Å²) in [6.45, 7) is 0.413. The number of benzene rings is 1. The van der Waals surface area contributed by atoms with Gasteiger partial charge in [-0.15, -0.1) is 0 Å². The number of amides is 1. The van der Waals surface area contributed by atoms with E-state index < -0.39 is 0 Å². The van der Waals surface area contributed by atoms with Gasteiger partial charge in [0, 0.05) is 6.42 Å². The van der Waals surface area contributed by atoms with Gasteiger partial charge in [-0.2, -0.15) is 0 Å². The molecule has 106 valence electrons. The van der Waals surface area contributed by atoms with Gasteiger partial charge in [-0.25, -0.2) is 0 Å². The molecule has 5 heteroatoms. The Hall–Kier alpha value is -2.43. The van der Waals surface area contributed by atoms with E-state index in [4.69, 9.17) is 14.9 Å². The van der Waals surface area contributed by atoms with Crippen molar-refractivity contribution in [1.29, 1.82) is 0 Å². The minimum atomic E-state index is -0.0178. The Balaban J connectivity index is 1.79. The molecule has 3 N–H and O–H groups in total. The second-order valence-electron chi connectivity index (χ2n) is 4.43. The summed E-state index contributed by atoms with van der Waals surface area (Å²) in [4.78, 5) is 11.7. The quantitative estimate of drug-likeness (QED) is 0.791. The molecule has 0 unspecified atom stereocenters. The Morgan fingerprint density at radius 1 is 1.40 bits per heavy atom. The molecule has 5 nitrogen and oxygen atoms in total. The van der Waals surface area contributed by atoms with Crippen molar-refractivity contribution in [3.8, 4) is 5.75 Å². The molecule has 0 radical (unpaired) electrons. The van der Waals surface area contributed by atoms with Gasteiger partial charge in [0.2, 0.25) is 5.91 Å². The third kappa shape index (κ3) is 3.78. The molecule has 0 fully saturated rings. The summed E-state index contributed by atoms with van der Waals surface area (Å²) < 4.78 is 10.2. The molecule has 0 aliphatic heterocycles. The van der Waals surface area contributed by atoms with Crippen LogP contribution in [0, 0.1) is 0 Å². The second kappa shape index (κ2) is 6.65. The van der Waals surface area contributed by atoms with E-state index in [1.807, 2.05) is 24.3 Å². The minimum Gasteiger partial charge on any atom is -0.495 e. The van der Waals surface area contributed by atoms with Crippen molar-refractivity contribution in [2.45, 2.75) is 19.4 Å². The molecular weight excluding hydrogens is 256 g/mol. The van der Waals surface area contributed by atoms with Crippen molar-refractivity contribution in [1.82, 2.24) is 5.32 Å². The number of furan rings is 1. The molecule has 0 spiro atoms. The van der Waals surface area contributed by atoms with Crippen LogP contribution < -0.4 is 15.8 Å². The fraction of sp³-hybridized carbons (Fsp3) is 0.267. The molecule has 0 aliphatic carbocycles. The lowest BCUT2D eigenvalue weighted by Crippen LogP contribution is -2.22. The Morgan fingerprint density at radius 3 is 2.90 bits per heavy atom. The van der Waals surface area contributed by atoms with Crippen LogP contribution in [0.4, 0.5) is 5.69 Å². The maximum Gasteiger partial charge on any atom is 0.220 e. The highest BCUT2D eigenvalue weighted by Gasteiger charge is 2.05. The third-order valence-corrected chi connectivity index (χ3v) is 2.97. The van der Waals surface area contributed by atoms with E-state index in [0.29, 0.717) is 30.8 Å². The number of ether oxygens (including phenoxy) is 1. The zero-order valence-electron chi connectivity index (χ0n) is 11.4. The van der Waals surface area contributed by atoms with Crippen molar-refractivity contribution < 1.29 is 13.9 Å². The first kappa shape index (κ1) is 14.0. The molecule has 1 aromatic heterocycles. The summed E-state index contributed by atoms with van der Waals surface area (Å²) in [5.74, 6) is 1.37. The van der Waals surface area contributed by atoms with Crippen molar-refractivity contribution in [2.75, 3.05) is 12.8 Å². The van der Waals surface area contributed by atoms with E-state index >= 15 is 0 Å². The van der Waals surface area contributed by atoms with Crippen LogP contribution in [0.25, 0.3) is 0 Å². The molecule has 0 aliphatic rings. The zero-order chi connectivity index (χ0) is 14.4.